The maximum Gasteiger partial charge on any atom is 0.253 e. The van der Waals surface area contributed by atoms with E-state index in [1.54, 1.807) is 14.0 Å². The predicted molar refractivity (Wildman–Crippen MR) is 65.2 cm³/mol. The summed E-state index contributed by atoms with van der Waals surface area (Å²) in [5.41, 5.74) is 0. The van der Waals surface area contributed by atoms with E-state index in [2.05, 4.69) is 10.3 Å². The van der Waals surface area contributed by atoms with E-state index in [9.17, 15) is 8.42 Å². The molecular weight excluding hydrogens is 246 g/mol. The second kappa shape index (κ2) is 5.72. The van der Waals surface area contributed by atoms with Gasteiger partial charge in [-0.2, -0.15) is 0 Å². The molecule has 0 spiro atoms. The molecule has 7 heteroatoms. The Morgan fingerprint density at radius 3 is 2.75 bits per heavy atom. The third-order valence-corrected chi connectivity index (χ3v) is 5.37. The largest absolute Gasteiger partial charge is 0.320 e. The molecule has 92 valence electrons. The number of rotatable bonds is 6. The highest BCUT2D eigenvalue weighted by Crippen LogP contribution is 2.21. The van der Waals surface area contributed by atoms with Crippen LogP contribution in [-0.4, -0.2) is 44.9 Å². The fourth-order valence-electron chi connectivity index (χ4n) is 1.21. The van der Waals surface area contributed by atoms with Crippen molar-refractivity contribution in [3.63, 3.8) is 0 Å². The zero-order valence-electron chi connectivity index (χ0n) is 9.73. The van der Waals surface area contributed by atoms with Gasteiger partial charge >= 0.3 is 0 Å². The number of thiazole rings is 1. The Hall–Kier alpha value is -0.500. The Labute approximate surface area is 101 Å². The van der Waals surface area contributed by atoms with Gasteiger partial charge in [0.05, 0.1) is 11.2 Å². The monoisotopic (exact) mass is 263 g/mol. The number of nitrogens with one attached hydrogen (secondary N) is 1. The van der Waals surface area contributed by atoms with Crippen LogP contribution >= 0.6 is 11.3 Å². The molecule has 0 saturated carbocycles. The number of hydrogen-bond acceptors (Lipinski definition) is 5. The average molecular weight is 263 g/mol. The number of aryl methyl sites for hydroxylation is 1. The fraction of sp³-hybridized carbons (Fsp3) is 0.667. The van der Waals surface area contributed by atoms with E-state index in [0.29, 0.717) is 10.8 Å². The minimum Gasteiger partial charge on any atom is -0.320 e. The average Bonchev–Trinajstić information content (AvgIpc) is 2.65. The molecular formula is C9H17N3O2S2. The van der Waals surface area contributed by atoms with Crippen molar-refractivity contribution in [1.29, 1.82) is 0 Å². The van der Waals surface area contributed by atoms with E-state index in [-0.39, 0.29) is 0 Å². The van der Waals surface area contributed by atoms with Crippen LogP contribution < -0.4 is 5.32 Å². The van der Waals surface area contributed by atoms with E-state index in [1.165, 1.54) is 21.8 Å². The van der Waals surface area contributed by atoms with Gasteiger partial charge in [-0.3, -0.25) is 0 Å². The molecule has 1 aromatic rings. The number of aromatic nitrogens is 1. The smallest absolute Gasteiger partial charge is 0.253 e. The Morgan fingerprint density at radius 1 is 1.56 bits per heavy atom. The molecule has 0 unspecified atom stereocenters. The van der Waals surface area contributed by atoms with Crippen LogP contribution in [0.5, 0.6) is 0 Å². The second-order valence-electron chi connectivity index (χ2n) is 3.48. The summed E-state index contributed by atoms with van der Waals surface area (Å²) in [5, 5.41) is 3.75. The van der Waals surface area contributed by atoms with Gasteiger partial charge in [0.1, 0.15) is 0 Å². The lowest BCUT2D eigenvalue weighted by atomic mass is 10.4. The van der Waals surface area contributed by atoms with Crippen LogP contribution in [0.3, 0.4) is 0 Å². The van der Waals surface area contributed by atoms with Crippen LogP contribution in [0, 0.1) is 6.92 Å². The summed E-state index contributed by atoms with van der Waals surface area (Å²) in [7, 11) is 0.108. The lowest BCUT2D eigenvalue weighted by Crippen LogP contribution is -2.29. The van der Waals surface area contributed by atoms with Crippen LogP contribution in [0.2, 0.25) is 0 Å². The topological polar surface area (TPSA) is 62.3 Å². The zero-order chi connectivity index (χ0) is 12.2. The second-order valence-corrected chi connectivity index (χ2v) is 6.99. The third-order valence-electron chi connectivity index (χ3n) is 2.16. The van der Waals surface area contributed by atoms with Crippen molar-refractivity contribution in [2.24, 2.45) is 0 Å². The van der Waals surface area contributed by atoms with Gasteiger partial charge in [0.25, 0.3) is 10.0 Å². The van der Waals surface area contributed by atoms with Crippen LogP contribution in [0.15, 0.2) is 10.4 Å². The van der Waals surface area contributed by atoms with Crippen LogP contribution in [-0.2, 0) is 10.0 Å². The molecule has 5 nitrogen and oxygen atoms in total. The van der Waals surface area contributed by atoms with Crippen molar-refractivity contribution in [1.82, 2.24) is 14.6 Å². The summed E-state index contributed by atoms with van der Waals surface area (Å²) >= 11 is 1.21. The van der Waals surface area contributed by atoms with E-state index in [1.807, 2.05) is 7.05 Å². The first-order valence-electron chi connectivity index (χ1n) is 5.02. The summed E-state index contributed by atoms with van der Waals surface area (Å²) in [6, 6.07) is 0. The molecule has 0 atom stereocenters. The van der Waals surface area contributed by atoms with Gasteiger partial charge in [0.2, 0.25) is 0 Å². The summed E-state index contributed by atoms with van der Waals surface area (Å²) < 4.78 is 25.7. The highest BCUT2D eigenvalue weighted by Gasteiger charge is 2.22. The van der Waals surface area contributed by atoms with Gasteiger partial charge < -0.3 is 5.32 Å². The van der Waals surface area contributed by atoms with Crippen molar-refractivity contribution in [3.8, 4) is 0 Å². The minimum atomic E-state index is -3.34. The van der Waals surface area contributed by atoms with Crippen molar-refractivity contribution < 1.29 is 8.42 Å². The molecule has 0 radical (unpaired) electrons. The Bertz CT molecular complexity index is 428. The Kier molecular flexibility index (Phi) is 4.85. The first-order valence-corrected chi connectivity index (χ1v) is 7.27. The van der Waals surface area contributed by atoms with Gasteiger partial charge in [-0.15, -0.1) is 11.3 Å². The van der Waals surface area contributed by atoms with Crippen LogP contribution in [0.1, 0.15) is 11.4 Å². The fourth-order valence-corrected chi connectivity index (χ4v) is 3.74. The normalized spacial score (nSPS) is 12.2. The standard InChI is InChI=1S/C9H17N3O2S2/c1-8-11-7-9(15-8)16(13,14)12(3)6-4-5-10-2/h7,10H,4-6H2,1-3H3. The minimum absolute atomic E-state index is 0.317. The first kappa shape index (κ1) is 13.6. The summed E-state index contributed by atoms with van der Waals surface area (Å²) in [4.78, 5) is 3.96. The first-order chi connectivity index (χ1) is 7.48. The van der Waals surface area contributed by atoms with Gasteiger partial charge in [0.15, 0.2) is 4.21 Å². The molecule has 0 bridgehead atoms. The molecule has 0 amide bonds. The molecule has 0 aliphatic heterocycles. The molecule has 1 aromatic heterocycles. The summed E-state index contributed by atoms with van der Waals surface area (Å²) in [6.07, 6.45) is 2.22. The molecule has 16 heavy (non-hydrogen) atoms. The number of hydrogen-bond donors (Lipinski definition) is 1. The lowest BCUT2D eigenvalue weighted by Gasteiger charge is -2.15. The van der Waals surface area contributed by atoms with Crippen molar-refractivity contribution in [2.45, 2.75) is 17.6 Å². The predicted octanol–water partition coefficient (Wildman–Crippen LogP) is 0.682. The third kappa shape index (κ3) is 3.24. The van der Waals surface area contributed by atoms with E-state index >= 15 is 0 Å². The SMILES string of the molecule is CNCCCN(C)S(=O)(=O)c1cnc(C)s1. The lowest BCUT2D eigenvalue weighted by molar-refractivity contribution is 0.459. The van der Waals surface area contributed by atoms with Crippen molar-refractivity contribution in [2.75, 3.05) is 27.2 Å². The van der Waals surface area contributed by atoms with E-state index in [0.717, 1.165) is 18.0 Å². The Morgan fingerprint density at radius 2 is 2.25 bits per heavy atom. The summed E-state index contributed by atoms with van der Waals surface area (Å²) in [6.45, 7) is 3.12. The quantitative estimate of drug-likeness (QED) is 0.767. The van der Waals surface area contributed by atoms with Crippen molar-refractivity contribution in [3.05, 3.63) is 11.2 Å². The molecule has 0 fully saturated rings. The molecule has 1 heterocycles. The maximum absolute atomic E-state index is 12.0. The zero-order valence-corrected chi connectivity index (χ0v) is 11.4. The van der Waals surface area contributed by atoms with Crippen molar-refractivity contribution >= 4 is 21.4 Å². The molecule has 0 aliphatic rings. The van der Waals surface area contributed by atoms with Crippen LogP contribution in [0.25, 0.3) is 0 Å². The van der Waals surface area contributed by atoms with Gasteiger partial charge in [-0.25, -0.2) is 17.7 Å². The molecule has 0 aromatic carbocycles. The molecule has 0 saturated heterocycles. The summed E-state index contributed by atoms with van der Waals surface area (Å²) in [5.74, 6) is 0. The number of nitrogens with zero attached hydrogens (tertiary/aromatic N) is 2. The highest BCUT2D eigenvalue weighted by atomic mass is 32.2. The van der Waals surface area contributed by atoms with Crippen LogP contribution in [0.4, 0.5) is 0 Å². The number of sulfonamides is 1. The molecule has 1 N–H and O–H groups in total. The van der Waals surface area contributed by atoms with E-state index in [4.69, 9.17) is 0 Å². The van der Waals surface area contributed by atoms with Gasteiger partial charge in [0, 0.05) is 13.6 Å². The molecule has 0 aliphatic carbocycles. The molecule has 1 rings (SSSR count). The Balaban J connectivity index is 2.70. The highest BCUT2D eigenvalue weighted by molar-refractivity contribution is 7.91. The van der Waals surface area contributed by atoms with E-state index < -0.39 is 10.0 Å². The van der Waals surface area contributed by atoms with Gasteiger partial charge in [-0.1, -0.05) is 0 Å². The van der Waals surface area contributed by atoms with Gasteiger partial charge in [-0.05, 0) is 26.9 Å². The maximum atomic E-state index is 12.0.